The minimum absolute atomic E-state index is 0.0121. The Labute approximate surface area is 180 Å². The van der Waals surface area contributed by atoms with Gasteiger partial charge in [0.2, 0.25) is 5.82 Å². The van der Waals surface area contributed by atoms with E-state index < -0.39 is 34.6 Å². The fraction of sp³-hybridized carbons (Fsp3) is 0.111. The van der Waals surface area contributed by atoms with E-state index in [1.165, 1.54) is 6.08 Å². The van der Waals surface area contributed by atoms with Crippen LogP contribution in [0.3, 0.4) is 0 Å². The highest BCUT2D eigenvalue weighted by atomic mass is 19.2. The predicted molar refractivity (Wildman–Crippen MR) is 115 cm³/mol. The van der Waals surface area contributed by atoms with Crippen LogP contribution in [-0.4, -0.2) is 0 Å². The van der Waals surface area contributed by atoms with Crippen molar-refractivity contribution < 1.29 is 22.0 Å². The third kappa shape index (κ3) is 2.80. The van der Waals surface area contributed by atoms with Crippen LogP contribution in [0, 0.1) is 39.5 Å². The summed E-state index contributed by atoms with van der Waals surface area (Å²) < 4.78 is 71.0. The van der Waals surface area contributed by atoms with Gasteiger partial charge in [-0.05, 0) is 69.5 Å². The maximum Gasteiger partial charge on any atom is 0.200 e. The maximum absolute atomic E-state index is 14.7. The van der Waals surface area contributed by atoms with Gasteiger partial charge in [0.1, 0.15) is 0 Å². The summed E-state index contributed by atoms with van der Waals surface area (Å²) in [6.45, 7) is 3.85. The quantitative estimate of drug-likeness (QED) is 0.209. The fourth-order valence-electron chi connectivity index (χ4n) is 4.59. The predicted octanol–water partition coefficient (Wildman–Crippen LogP) is 5.87. The number of allylic oxidation sites excluding steroid dienone is 4. The smallest absolute Gasteiger partial charge is 0.200 e. The molecule has 0 aromatic heterocycles. The van der Waals surface area contributed by atoms with E-state index in [1.807, 2.05) is 56.3 Å². The summed E-state index contributed by atoms with van der Waals surface area (Å²) in [5.74, 6) is -9.68. The monoisotopic (exact) mass is 436 g/mol. The number of fused-ring (bicyclic) bond motifs is 2. The molecule has 0 aliphatic heterocycles. The van der Waals surface area contributed by atoms with Crippen molar-refractivity contribution in [2.75, 3.05) is 0 Å². The van der Waals surface area contributed by atoms with Crippen LogP contribution in [0.4, 0.5) is 22.0 Å². The van der Waals surface area contributed by atoms with Gasteiger partial charge in [-0.1, -0.05) is 54.1 Å². The zero-order valence-electron chi connectivity index (χ0n) is 17.3. The Hall–Kier alpha value is -3.47. The first-order chi connectivity index (χ1) is 15.3. The minimum Gasteiger partial charge on any atom is -0.203 e. The molecule has 0 atom stereocenters. The van der Waals surface area contributed by atoms with E-state index in [4.69, 9.17) is 0 Å². The number of hydrogen-bond donors (Lipinski definition) is 0. The van der Waals surface area contributed by atoms with Crippen molar-refractivity contribution >= 4 is 22.8 Å². The summed E-state index contributed by atoms with van der Waals surface area (Å²) in [6, 6.07) is 11.8. The summed E-state index contributed by atoms with van der Waals surface area (Å²) in [5.41, 5.74) is 2.26. The maximum atomic E-state index is 14.7. The molecule has 2 aliphatic carbocycles. The van der Waals surface area contributed by atoms with Crippen molar-refractivity contribution in [1.29, 1.82) is 0 Å². The Bertz CT molecular complexity index is 1570. The second-order valence-corrected chi connectivity index (χ2v) is 8.12. The second-order valence-electron chi connectivity index (χ2n) is 8.12. The molecule has 0 radical (unpaired) electrons. The van der Waals surface area contributed by atoms with Crippen LogP contribution in [0.15, 0.2) is 48.6 Å². The van der Waals surface area contributed by atoms with Crippen molar-refractivity contribution in [2.24, 2.45) is 0 Å². The molecule has 5 rings (SSSR count). The van der Waals surface area contributed by atoms with Crippen molar-refractivity contribution in [1.82, 2.24) is 0 Å². The lowest BCUT2D eigenvalue weighted by Crippen LogP contribution is -2.14. The van der Waals surface area contributed by atoms with E-state index in [1.54, 1.807) is 6.08 Å². The lowest BCUT2D eigenvalue weighted by molar-refractivity contribution is 0.376. The summed E-state index contributed by atoms with van der Waals surface area (Å²) in [6.07, 6.45) is 5.44. The number of benzene rings is 3. The third-order valence-electron chi connectivity index (χ3n) is 6.05. The van der Waals surface area contributed by atoms with E-state index in [0.29, 0.717) is 12.0 Å². The molecule has 0 spiro atoms. The van der Waals surface area contributed by atoms with Gasteiger partial charge in [-0.15, -0.1) is 0 Å². The Balaban J connectivity index is 1.93. The largest absolute Gasteiger partial charge is 0.203 e. The number of halogens is 5. The topological polar surface area (TPSA) is 0 Å². The normalized spacial score (nSPS) is 14.0. The molecule has 3 aromatic carbocycles. The molecule has 160 valence electrons. The van der Waals surface area contributed by atoms with E-state index in [9.17, 15) is 22.0 Å². The number of rotatable bonds is 2. The molecule has 0 saturated carbocycles. The van der Waals surface area contributed by atoms with Gasteiger partial charge in [0.05, 0.1) is 5.56 Å². The van der Waals surface area contributed by atoms with E-state index in [-0.39, 0.29) is 5.57 Å². The van der Waals surface area contributed by atoms with Crippen molar-refractivity contribution in [3.8, 4) is 0 Å². The Morgan fingerprint density at radius 2 is 1.38 bits per heavy atom. The average Bonchev–Trinajstić information content (AvgIpc) is 3.40. The minimum atomic E-state index is -2.16. The molecule has 3 aromatic rings. The van der Waals surface area contributed by atoms with E-state index in [2.05, 4.69) is 0 Å². The molecule has 0 unspecified atom stereocenters. The highest BCUT2D eigenvalue weighted by Crippen LogP contribution is 2.39. The van der Waals surface area contributed by atoms with Crippen LogP contribution in [0.25, 0.3) is 22.8 Å². The molecule has 5 heteroatoms. The summed E-state index contributed by atoms with van der Waals surface area (Å²) in [7, 11) is 0. The summed E-state index contributed by atoms with van der Waals surface area (Å²) in [4.78, 5) is 0. The standard InChI is InChI=1S/C27H17F5/c1-13(2)15-10-11-17-16-7-4-3-6-14(16)12-20(17)21(15)18-8-5-9-19(18)22-23(28)25(30)27(32)26(31)24(22)29/h3-7,9-12H,8H2,1-2H3. The third-order valence-corrected chi connectivity index (χ3v) is 6.05. The van der Waals surface area contributed by atoms with Gasteiger partial charge in [0, 0.05) is 0 Å². The van der Waals surface area contributed by atoms with Crippen LogP contribution in [0.5, 0.6) is 0 Å². The van der Waals surface area contributed by atoms with Gasteiger partial charge in [-0.25, -0.2) is 22.0 Å². The first-order valence-electron chi connectivity index (χ1n) is 10.1. The first kappa shape index (κ1) is 20.4. The van der Waals surface area contributed by atoms with Crippen LogP contribution in [0.2, 0.25) is 0 Å². The van der Waals surface area contributed by atoms with Crippen LogP contribution < -0.4 is 10.4 Å². The van der Waals surface area contributed by atoms with Crippen molar-refractivity contribution in [2.45, 2.75) is 20.3 Å². The van der Waals surface area contributed by atoms with Crippen LogP contribution in [-0.2, 0) is 0 Å². The zero-order valence-corrected chi connectivity index (χ0v) is 17.3. The molecule has 0 amide bonds. The van der Waals surface area contributed by atoms with Gasteiger partial charge in [-0.3, -0.25) is 0 Å². The Kier molecular flexibility index (Phi) is 4.66. The second kappa shape index (κ2) is 7.30. The van der Waals surface area contributed by atoms with Crippen molar-refractivity contribution in [3.63, 3.8) is 0 Å². The molecule has 0 nitrogen and oxygen atoms in total. The average molecular weight is 436 g/mol. The van der Waals surface area contributed by atoms with Crippen LogP contribution in [0.1, 0.15) is 37.0 Å². The van der Waals surface area contributed by atoms with E-state index >= 15 is 0 Å². The molecule has 2 aliphatic rings. The molecule has 0 saturated heterocycles. The number of hydrogen-bond acceptors (Lipinski definition) is 0. The van der Waals surface area contributed by atoms with Gasteiger partial charge in [-0.2, -0.15) is 0 Å². The van der Waals surface area contributed by atoms with Crippen LogP contribution >= 0.6 is 0 Å². The van der Waals surface area contributed by atoms with Gasteiger partial charge < -0.3 is 0 Å². The first-order valence-corrected chi connectivity index (χ1v) is 10.1. The zero-order chi connectivity index (χ0) is 22.7. The summed E-state index contributed by atoms with van der Waals surface area (Å²) in [5, 5.41) is 3.89. The van der Waals surface area contributed by atoms with Gasteiger partial charge in [0.25, 0.3) is 0 Å². The van der Waals surface area contributed by atoms with Crippen molar-refractivity contribution in [3.05, 3.63) is 115 Å². The molecule has 0 N–H and O–H groups in total. The molecular formula is C27H17F5. The highest BCUT2D eigenvalue weighted by molar-refractivity contribution is 6.01. The molecular weight excluding hydrogens is 419 g/mol. The fourth-order valence-corrected chi connectivity index (χ4v) is 4.59. The molecule has 32 heavy (non-hydrogen) atoms. The lowest BCUT2D eigenvalue weighted by Gasteiger charge is -2.15. The highest BCUT2D eigenvalue weighted by Gasteiger charge is 2.30. The SMILES string of the molecule is CC(C)=c1ccc2c(c1C1=C(c3c(F)c(F)c(F)c(F)c3F)C=CC1)C=c1ccccc1=2. The lowest BCUT2D eigenvalue weighted by atomic mass is 9.89. The molecule has 0 heterocycles. The molecule has 0 bridgehead atoms. The van der Waals surface area contributed by atoms with Gasteiger partial charge >= 0.3 is 0 Å². The molecule has 0 fully saturated rings. The van der Waals surface area contributed by atoms with E-state index in [0.717, 1.165) is 37.6 Å². The Morgan fingerprint density at radius 1 is 0.719 bits per heavy atom. The summed E-state index contributed by atoms with van der Waals surface area (Å²) >= 11 is 0. The van der Waals surface area contributed by atoms with Gasteiger partial charge in [0.15, 0.2) is 23.3 Å². The Morgan fingerprint density at radius 3 is 2.06 bits per heavy atom.